The molecule has 2 aromatic rings. The van der Waals surface area contributed by atoms with Crippen LogP contribution in [0.1, 0.15) is 16.7 Å². The molecule has 0 aliphatic rings. The van der Waals surface area contributed by atoms with Gasteiger partial charge in [-0.15, -0.1) is 0 Å². The van der Waals surface area contributed by atoms with Gasteiger partial charge in [0.05, 0.1) is 13.2 Å². The van der Waals surface area contributed by atoms with Gasteiger partial charge in [-0.3, -0.25) is 9.59 Å². The Morgan fingerprint density at radius 3 is 2.50 bits per heavy atom. The Morgan fingerprint density at radius 2 is 1.79 bits per heavy atom. The number of aliphatic hydroxyl groups excluding tert-OH is 1. The Bertz CT molecular complexity index is 716. The molecule has 0 heterocycles. The number of nitrogens with one attached hydrogen (secondary N) is 2. The largest absolute Gasteiger partial charge is 0.392 e. The Hall–Kier alpha value is -2.70. The third-order valence-electron chi connectivity index (χ3n) is 3.43. The van der Waals surface area contributed by atoms with E-state index in [0.29, 0.717) is 17.9 Å². The van der Waals surface area contributed by atoms with Gasteiger partial charge in [-0.25, -0.2) is 0 Å². The lowest BCUT2D eigenvalue weighted by molar-refractivity contribution is -0.136. The maximum Gasteiger partial charge on any atom is 0.313 e. The molecule has 0 aromatic heterocycles. The molecule has 6 heteroatoms. The molecule has 0 aliphatic heterocycles. The molecule has 0 unspecified atom stereocenters. The van der Waals surface area contributed by atoms with E-state index < -0.39 is 11.8 Å². The molecule has 0 aliphatic carbocycles. The van der Waals surface area contributed by atoms with Gasteiger partial charge in [0.25, 0.3) is 0 Å². The van der Waals surface area contributed by atoms with Crippen LogP contribution in [0.4, 0.5) is 5.69 Å². The first-order valence-electron chi connectivity index (χ1n) is 7.48. The smallest absolute Gasteiger partial charge is 0.313 e. The third-order valence-corrected chi connectivity index (χ3v) is 3.43. The van der Waals surface area contributed by atoms with Crippen molar-refractivity contribution in [1.29, 1.82) is 0 Å². The topological polar surface area (TPSA) is 87.7 Å². The van der Waals surface area contributed by atoms with E-state index in [4.69, 9.17) is 4.74 Å². The number of hydrogen-bond donors (Lipinski definition) is 3. The summed E-state index contributed by atoms with van der Waals surface area (Å²) >= 11 is 0. The quantitative estimate of drug-likeness (QED) is 0.703. The third kappa shape index (κ3) is 4.91. The highest BCUT2D eigenvalue weighted by molar-refractivity contribution is 6.39. The number of ether oxygens (including phenoxy) is 1. The standard InChI is InChI=1S/C18H20N2O4/c1-24-12-13-5-4-8-16(9-13)20-18(23)17(22)19-10-14-6-2-3-7-15(14)11-21/h2-9,21H,10-12H2,1H3,(H,19,22)(H,20,23). The highest BCUT2D eigenvalue weighted by Crippen LogP contribution is 2.11. The van der Waals surface area contributed by atoms with Gasteiger partial charge in [0.2, 0.25) is 0 Å². The van der Waals surface area contributed by atoms with Gasteiger partial charge >= 0.3 is 11.8 Å². The number of anilines is 1. The fourth-order valence-corrected chi connectivity index (χ4v) is 2.23. The van der Waals surface area contributed by atoms with Crippen molar-refractivity contribution in [2.75, 3.05) is 12.4 Å². The fraction of sp³-hybridized carbons (Fsp3) is 0.222. The van der Waals surface area contributed by atoms with E-state index in [1.54, 1.807) is 43.5 Å². The van der Waals surface area contributed by atoms with Crippen molar-refractivity contribution in [3.63, 3.8) is 0 Å². The van der Waals surface area contributed by atoms with Gasteiger partial charge in [-0.05, 0) is 28.8 Å². The van der Waals surface area contributed by atoms with Crippen LogP contribution in [0.25, 0.3) is 0 Å². The number of carbonyl (C=O) groups excluding carboxylic acids is 2. The fourth-order valence-electron chi connectivity index (χ4n) is 2.23. The minimum atomic E-state index is -0.744. The van der Waals surface area contributed by atoms with Crippen LogP contribution in [0.2, 0.25) is 0 Å². The van der Waals surface area contributed by atoms with Gasteiger partial charge in [-0.2, -0.15) is 0 Å². The summed E-state index contributed by atoms with van der Waals surface area (Å²) in [5.74, 6) is -1.48. The van der Waals surface area contributed by atoms with Crippen LogP contribution in [0.5, 0.6) is 0 Å². The van der Waals surface area contributed by atoms with Crippen molar-refractivity contribution >= 4 is 17.5 Å². The first kappa shape index (κ1) is 17.7. The monoisotopic (exact) mass is 328 g/mol. The number of benzene rings is 2. The summed E-state index contributed by atoms with van der Waals surface area (Å²) in [5, 5.41) is 14.4. The summed E-state index contributed by atoms with van der Waals surface area (Å²) in [6.45, 7) is 0.477. The van der Waals surface area contributed by atoms with Crippen LogP contribution in [-0.2, 0) is 34.1 Å². The van der Waals surface area contributed by atoms with Crippen LogP contribution in [0.15, 0.2) is 48.5 Å². The average molecular weight is 328 g/mol. The van der Waals surface area contributed by atoms with E-state index in [1.165, 1.54) is 0 Å². The summed E-state index contributed by atoms with van der Waals surface area (Å²) in [5.41, 5.74) is 2.90. The molecule has 0 atom stereocenters. The molecular formula is C18H20N2O4. The molecule has 24 heavy (non-hydrogen) atoms. The second-order valence-electron chi connectivity index (χ2n) is 5.20. The molecule has 0 fully saturated rings. The van der Waals surface area contributed by atoms with Crippen LogP contribution < -0.4 is 10.6 Å². The van der Waals surface area contributed by atoms with Crippen LogP contribution >= 0.6 is 0 Å². The van der Waals surface area contributed by atoms with Gasteiger partial charge in [0, 0.05) is 19.3 Å². The molecule has 3 N–H and O–H groups in total. The predicted octanol–water partition coefficient (Wildman–Crippen LogP) is 1.58. The molecule has 0 spiro atoms. The number of aliphatic hydroxyl groups is 1. The average Bonchev–Trinajstić information content (AvgIpc) is 2.60. The number of rotatable bonds is 6. The Balaban J connectivity index is 1.92. The van der Waals surface area contributed by atoms with Gasteiger partial charge < -0.3 is 20.5 Å². The Labute approximate surface area is 140 Å². The SMILES string of the molecule is COCc1cccc(NC(=O)C(=O)NCc2ccccc2CO)c1. The lowest BCUT2D eigenvalue weighted by Gasteiger charge is -2.10. The summed E-state index contributed by atoms with van der Waals surface area (Å²) in [4.78, 5) is 23.9. The lowest BCUT2D eigenvalue weighted by atomic mass is 10.1. The zero-order valence-corrected chi connectivity index (χ0v) is 13.4. The summed E-state index contributed by atoms with van der Waals surface area (Å²) in [7, 11) is 1.59. The second-order valence-corrected chi connectivity index (χ2v) is 5.20. The van der Waals surface area contributed by atoms with E-state index in [-0.39, 0.29) is 13.2 Å². The van der Waals surface area contributed by atoms with Crippen LogP contribution in [0, 0.1) is 0 Å². The van der Waals surface area contributed by atoms with Gasteiger partial charge in [0.1, 0.15) is 0 Å². The zero-order valence-electron chi connectivity index (χ0n) is 13.4. The molecule has 0 radical (unpaired) electrons. The maximum atomic E-state index is 12.0. The highest BCUT2D eigenvalue weighted by Gasteiger charge is 2.14. The predicted molar refractivity (Wildman–Crippen MR) is 90.0 cm³/mol. The van der Waals surface area contributed by atoms with Crippen molar-refractivity contribution in [1.82, 2.24) is 5.32 Å². The van der Waals surface area contributed by atoms with Crippen molar-refractivity contribution in [3.8, 4) is 0 Å². The molecule has 0 bridgehead atoms. The van der Waals surface area contributed by atoms with Gasteiger partial charge in [0.15, 0.2) is 0 Å². The first-order chi connectivity index (χ1) is 11.6. The molecule has 0 saturated carbocycles. The van der Waals surface area contributed by atoms with Crippen LogP contribution in [0.3, 0.4) is 0 Å². The van der Waals surface area contributed by atoms with E-state index >= 15 is 0 Å². The van der Waals surface area contributed by atoms with E-state index in [9.17, 15) is 14.7 Å². The zero-order chi connectivity index (χ0) is 17.4. The highest BCUT2D eigenvalue weighted by atomic mass is 16.5. The number of hydrogen-bond acceptors (Lipinski definition) is 4. The first-order valence-corrected chi connectivity index (χ1v) is 7.48. The lowest BCUT2D eigenvalue weighted by Crippen LogP contribution is -2.35. The number of carbonyl (C=O) groups is 2. The molecule has 2 rings (SSSR count). The van der Waals surface area contributed by atoms with Crippen molar-refractivity contribution in [2.24, 2.45) is 0 Å². The molecule has 6 nitrogen and oxygen atoms in total. The molecule has 2 aromatic carbocycles. The number of methoxy groups -OCH3 is 1. The van der Waals surface area contributed by atoms with E-state index in [2.05, 4.69) is 10.6 Å². The minimum absolute atomic E-state index is 0.121. The Morgan fingerprint density at radius 1 is 1.04 bits per heavy atom. The normalized spacial score (nSPS) is 10.2. The Kier molecular flexibility index (Phi) is 6.48. The second kappa shape index (κ2) is 8.81. The maximum absolute atomic E-state index is 12.0. The minimum Gasteiger partial charge on any atom is -0.392 e. The molecule has 126 valence electrons. The van der Waals surface area contributed by atoms with Crippen LogP contribution in [-0.4, -0.2) is 24.0 Å². The molecule has 2 amide bonds. The van der Waals surface area contributed by atoms with Crippen molar-refractivity contribution in [2.45, 2.75) is 19.8 Å². The molecular weight excluding hydrogens is 308 g/mol. The summed E-state index contributed by atoms with van der Waals surface area (Å²) in [6.07, 6.45) is 0. The van der Waals surface area contributed by atoms with Crippen molar-refractivity contribution in [3.05, 3.63) is 65.2 Å². The summed E-state index contributed by atoms with van der Waals surface area (Å²) in [6, 6.07) is 14.3. The molecule has 0 saturated heterocycles. The van der Waals surface area contributed by atoms with E-state index in [1.807, 2.05) is 12.1 Å². The van der Waals surface area contributed by atoms with E-state index in [0.717, 1.165) is 11.1 Å². The van der Waals surface area contributed by atoms with Crippen molar-refractivity contribution < 1.29 is 19.4 Å². The number of amides is 2. The van der Waals surface area contributed by atoms with Gasteiger partial charge in [-0.1, -0.05) is 36.4 Å². The summed E-state index contributed by atoms with van der Waals surface area (Å²) < 4.78 is 5.03.